The van der Waals surface area contributed by atoms with Crippen LogP contribution in [0.5, 0.6) is 5.75 Å². The van der Waals surface area contributed by atoms with E-state index in [-0.39, 0.29) is 34.0 Å². The van der Waals surface area contributed by atoms with Crippen LogP contribution in [0.4, 0.5) is 0 Å². The number of hydroxylamine groups is 1. The number of carboxylic acids is 1. The van der Waals surface area contributed by atoms with E-state index in [0.29, 0.717) is 0 Å². The standard InChI is InChI=1S/C11H8I3NO6/c1-2-3(16)15-21-11(20)5-6(12)4(10(18)19)7(13)9(17)8(5)14/h17H,2H2,1H3,(H,15,16)(H,18,19). The lowest BCUT2D eigenvalue weighted by atomic mass is 10.1. The number of aromatic hydroxyl groups is 1. The first-order chi connectivity index (χ1) is 9.72. The van der Waals surface area contributed by atoms with Gasteiger partial charge in [0.15, 0.2) is 0 Å². The minimum absolute atomic E-state index is 0.108. The predicted molar refractivity (Wildman–Crippen MR) is 97.1 cm³/mol. The molecule has 0 aromatic heterocycles. The maximum absolute atomic E-state index is 12.0. The van der Waals surface area contributed by atoms with E-state index >= 15 is 0 Å². The molecule has 0 unspecified atom stereocenters. The van der Waals surface area contributed by atoms with Gasteiger partial charge in [-0.25, -0.2) is 9.59 Å². The Kier molecular flexibility index (Phi) is 6.89. The van der Waals surface area contributed by atoms with E-state index in [1.165, 1.54) is 0 Å². The molecule has 0 aliphatic heterocycles. The fraction of sp³-hybridized carbons (Fsp3) is 0.182. The number of aromatic carboxylic acids is 1. The summed E-state index contributed by atoms with van der Waals surface area (Å²) in [6.45, 7) is 1.58. The molecule has 0 saturated heterocycles. The Morgan fingerprint density at radius 1 is 1.10 bits per heavy atom. The Morgan fingerprint density at radius 2 is 1.62 bits per heavy atom. The molecule has 1 aromatic rings. The van der Waals surface area contributed by atoms with Crippen molar-refractivity contribution in [2.75, 3.05) is 0 Å². The molecule has 10 heteroatoms. The molecular formula is C11H8I3NO6. The lowest BCUT2D eigenvalue weighted by molar-refractivity contribution is -0.129. The zero-order chi connectivity index (χ0) is 16.3. The zero-order valence-corrected chi connectivity index (χ0v) is 16.8. The summed E-state index contributed by atoms with van der Waals surface area (Å²) in [5.41, 5.74) is 1.64. The number of rotatable bonds is 3. The number of phenolic OH excluding ortho intramolecular Hbond substituents is 1. The van der Waals surface area contributed by atoms with Gasteiger partial charge in [0.25, 0.3) is 5.91 Å². The first-order valence-electron chi connectivity index (χ1n) is 5.35. The number of amides is 1. The highest BCUT2D eigenvalue weighted by Gasteiger charge is 2.28. The molecule has 7 nitrogen and oxygen atoms in total. The van der Waals surface area contributed by atoms with Crippen LogP contribution in [0, 0.1) is 10.7 Å². The zero-order valence-electron chi connectivity index (χ0n) is 10.4. The molecule has 3 N–H and O–H groups in total. The fourth-order valence-electron chi connectivity index (χ4n) is 1.24. The number of phenols is 1. The number of carbonyl (C=O) groups excluding carboxylic acids is 2. The highest BCUT2D eigenvalue weighted by molar-refractivity contribution is 14.1. The van der Waals surface area contributed by atoms with Crippen LogP contribution >= 0.6 is 67.8 Å². The van der Waals surface area contributed by atoms with Crippen molar-refractivity contribution in [2.45, 2.75) is 13.3 Å². The molecule has 0 bridgehead atoms. The lowest BCUT2D eigenvalue weighted by Gasteiger charge is -2.13. The number of halogens is 3. The molecule has 1 amide bonds. The summed E-state index contributed by atoms with van der Waals surface area (Å²) in [6, 6.07) is 0. The molecule has 0 aliphatic rings. The van der Waals surface area contributed by atoms with Crippen LogP contribution in [0.25, 0.3) is 0 Å². The molecule has 0 spiro atoms. The summed E-state index contributed by atoms with van der Waals surface area (Å²) in [6.07, 6.45) is 0.125. The Morgan fingerprint density at radius 3 is 2.10 bits per heavy atom. The largest absolute Gasteiger partial charge is 0.506 e. The third-order valence-corrected chi connectivity index (χ3v) is 5.47. The van der Waals surface area contributed by atoms with E-state index in [4.69, 9.17) is 0 Å². The number of benzene rings is 1. The van der Waals surface area contributed by atoms with Crippen LogP contribution in [0.3, 0.4) is 0 Å². The maximum atomic E-state index is 12.0. The van der Waals surface area contributed by atoms with E-state index in [1.54, 1.807) is 74.7 Å². The van der Waals surface area contributed by atoms with E-state index in [0.717, 1.165) is 0 Å². The molecular weight excluding hydrogens is 623 g/mol. The van der Waals surface area contributed by atoms with Crippen molar-refractivity contribution in [1.29, 1.82) is 0 Å². The van der Waals surface area contributed by atoms with Crippen LogP contribution in [0.1, 0.15) is 34.1 Å². The summed E-state index contributed by atoms with van der Waals surface area (Å²) in [7, 11) is 0. The summed E-state index contributed by atoms with van der Waals surface area (Å²) in [5.74, 6) is -3.04. The van der Waals surface area contributed by atoms with Gasteiger partial charge < -0.3 is 15.1 Å². The summed E-state index contributed by atoms with van der Waals surface area (Å²) < 4.78 is 0.410. The smallest absolute Gasteiger partial charge is 0.365 e. The van der Waals surface area contributed by atoms with Crippen molar-refractivity contribution in [2.24, 2.45) is 0 Å². The molecule has 21 heavy (non-hydrogen) atoms. The molecule has 0 fully saturated rings. The number of nitrogens with one attached hydrogen (secondary N) is 1. The van der Waals surface area contributed by atoms with Crippen molar-refractivity contribution in [3.05, 3.63) is 21.8 Å². The fourth-order valence-corrected chi connectivity index (χ4v) is 5.31. The molecule has 0 aliphatic carbocycles. The van der Waals surface area contributed by atoms with Gasteiger partial charge >= 0.3 is 11.9 Å². The van der Waals surface area contributed by atoms with Crippen molar-refractivity contribution >= 4 is 85.6 Å². The molecule has 1 rings (SSSR count). The molecule has 0 heterocycles. The quantitative estimate of drug-likeness (QED) is 0.350. The van der Waals surface area contributed by atoms with Gasteiger partial charge in [-0.15, -0.1) is 0 Å². The number of hydrogen-bond donors (Lipinski definition) is 3. The minimum Gasteiger partial charge on any atom is -0.506 e. The third-order valence-electron chi connectivity index (χ3n) is 2.29. The van der Waals surface area contributed by atoms with Crippen molar-refractivity contribution < 1.29 is 29.4 Å². The van der Waals surface area contributed by atoms with Crippen LogP contribution in [-0.2, 0) is 9.63 Å². The van der Waals surface area contributed by atoms with Crippen molar-refractivity contribution in [1.82, 2.24) is 5.48 Å². The lowest BCUT2D eigenvalue weighted by Crippen LogP contribution is -2.27. The topological polar surface area (TPSA) is 113 Å². The number of carboxylic acid groups (broad SMARTS) is 1. The van der Waals surface area contributed by atoms with Crippen LogP contribution in [0.2, 0.25) is 0 Å². The molecule has 1 aromatic carbocycles. The summed E-state index contributed by atoms with van der Waals surface area (Å²) in [4.78, 5) is 38.9. The Bertz CT molecular complexity index is 631. The van der Waals surface area contributed by atoms with Gasteiger partial charge in [0.2, 0.25) is 0 Å². The third kappa shape index (κ3) is 4.08. The predicted octanol–water partition coefficient (Wildman–Crippen LogP) is 2.50. The van der Waals surface area contributed by atoms with E-state index < -0.39 is 17.8 Å². The number of hydrogen-bond acceptors (Lipinski definition) is 5. The van der Waals surface area contributed by atoms with Gasteiger partial charge in [0, 0.05) is 9.99 Å². The Balaban J connectivity index is 3.33. The second-order valence-corrected chi connectivity index (χ2v) is 6.85. The SMILES string of the molecule is CCC(=O)NOC(=O)c1c(I)c(O)c(I)c(C(=O)O)c1I. The average molecular weight is 631 g/mol. The van der Waals surface area contributed by atoms with Crippen molar-refractivity contribution in [3.8, 4) is 5.75 Å². The van der Waals surface area contributed by atoms with Gasteiger partial charge in [-0.2, -0.15) is 5.48 Å². The van der Waals surface area contributed by atoms with Crippen LogP contribution < -0.4 is 5.48 Å². The van der Waals surface area contributed by atoms with Gasteiger partial charge in [0.05, 0.1) is 18.3 Å². The second-order valence-electron chi connectivity index (χ2n) is 3.61. The first kappa shape index (κ1) is 18.7. The van der Waals surface area contributed by atoms with Crippen molar-refractivity contribution in [3.63, 3.8) is 0 Å². The second kappa shape index (κ2) is 7.75. The Hall–Kier alpha value is -0.380. The van der Waals surface area contributed by atoms with Crippen LogP contribution in [-0.4, -0.2) is 28.1 Å². The summed E-state index contributed by atoms with van der Waals surface area (Å²) >= 11 is 5.09. The maximum Gasteiger partial charge on any atom is 0.365 e. The first-order valence-corrected chi connectivity index (χ1v) is 8.58. The highest BCUT2D eigenvalue weighted by Crippen LogP contribution is 2.36. The van der Waals surface area contributed by atoms with Gasteiger partial charge in [-0.05, 0) is 67.8 Å². The van der Waals surface area contributed by atoms with E-state index in [9.17, 15) is 24.6 Å². The van der Waals surface area contributed by atoms with E-state index in [1.807, 2.05) is 5.48 Å². The van der Waals surface area contributed by atoms with Gasteiger partial charge in [-0.3, -0.25) is 4.79 Å². The molecule has 114 valence electrons. The molecule has 0 radical (unpaired) electrons. The Labute approximate surface area is 160 Å². The monoisotopic (exact) mass is 631 g/mol. The average Bonchev–Trinajstić information content (AvgIpc) is 2.42. The van der Waals surface area contributed by atoms with E-state index in [2.05, 4.69) is 4.84 Å². The summed E-state index contributed by atoms with van der Waals surface area (Å²) in [5, 5.41) is 19.1. The van der Waals surface area contributed by atoms with Gasteiger partial charge in [0.1, 0.15) is 5.75 Å². The van der Waals surface area contributed by atoms with Crippen LogP contribution in [0.15, 0.2) is 0 Å². The highest BCUT2D eigenvalue weighted by atomic mass is 127. The minimum atomic E-state index is -1.28. The number of carbonyl (C=O) groups is 3. The molecule has 0 saturated carbocycles. The molecule has 0 atom stereocenters. The normalized spacial score (nSPS) is 10.1. The van der Waals surface area contributed by atoms with Gasteiger partial charge in [-0.1, -0.05) is 6.92 Å².